The molecule has 1 aromatic carbocycles. The van der Waals surface area contributed by atoms with Crippen molar-refractivity contribution >= 4 is 11.9 Å². The Balaban J connectivity index is 1.39. The third-order valence-corrected chi connectivity index (χ3v) is 8.10. The molecule has 0 saturated heterocycles. The summed E-state index contributed by atoms with van der Waals surface area (Å²) < 4.78 is 1.86. The van der Waals surface area contributed by atoms with E-state index in [9.17, 15) is 5.11 Å². The number of nitrogens with zero attached hydrogens (tertiary/aromatic N) is 4. The summed E-state index contributed by atoms with van der Waals surface area (Å²) in [5, 5.41) is 23.3. The van der Waals surface area contributed by atoms with Crippen molar-refractivity contribution in [2.24, 2.45) is 34.5 Å². The Morgan fingerprint density at radius 3 is 2.90 bits per heavy atom. The highest BCUT2D eigenvalue weighted by Gasteiger charge is 2.53. The molecule has 0 unspecified atom stereocenters. The molecule has 3 aliphatic rings. The van der Waals surface area contributed by atoms with Crippen LogP contribution in [-0.4, -0.2) is 26.8 Å². The van der Waals surface area contributed by atoms with Gasteiger partial charge in [-0.3, -0.25) is 4.68 Å². The van der Waals surface area contributed by atoms with Gasteiger partial charge in [0, 0.05) is 29.4 Å². The Hall–Kier alpha value is -2.43. The third-order valence-electron chi connectivity index (χ3n) is 8.10. The number of fused-ring (bicyclic) bond motifs is 5. The van der Waals surface area contributed by atoms with E-state index in [1.165, 1.54) is 42.5 Å². The molecule has 5 rings (SSSR count). The molecule has 152 valence electrons. The van der Waals surface area contributed by atoms with Crippen LogP contribution < -0.4 is 0 Å². The van der Waals surface area contributed by atoms with Crippen molar-refractivity contribution in [3.63, 3.8) is 0 Å². The molecule has 2 aromatic rings. The summed E-state index contributed by atoms with van der Waals surface area (Å²) in [6, 6.07) is 6.02. The predicted molar refractivity (Wildman–Crippen MR) is 116 cm³/mol. The molecule has 0 aliphatic heterocycles. The van der Waals surface area contributed by atoms with E-state index in [0.717, 1.165) is 30.0 Å². The summed E-state index contributed by atoms with van der Waals surface area (Å²) in [5.41, 5.74) is 6.45. The van der Waals surface area contributed by atoms with Crippen LogP contribution in [0.5, 0.6) is 5.75 Å². The van der Waals surface area contributed by atoms with Crippen molar-refractivity contribution in [3.8, 4) is 5.75 Å². The van der Waals surface area contributed by atoms with Crippen molar-refractivity contribution < 1.29 is 5.11 Å². The second kappa shape index (κ2) is 6.82. The zero-order valence-corrected chi connectivity index (χ0v) is 17.6. The maximum absolute atomic E-state index is 9.86. The summed E-state index contributed by atoms with van der Waals surface area (Å²) in [5.74, 6) is 2.46. The van der Waals surface area contributed by atoms with Crippen molar-refractivity contribution in [2.75, 3.05) is 0 Å². The van der Waals surface area contributed by atoms with E-state index in [0.29, 0.717) is 17.6 Å². The van der Waals surface area contributed by atoms with Gasteiger partial charge in [0.15, 0.2) is 0 Å². The van der Waals surface area contributed by atoms with Crippen LogP contribution in [0.4, 0.5) is 0 Å². The van der Waals surface area contributed by atoms with Gasteiger partial charge in [-0.15, -0.1) is 0 Å². The second-order valence-corrected chi connectivity index (χ2v) is 9.39. The van der Waals surface area contributed by atoms with Gasteiger partial charge < -0.3 is 5.11 Å². The Morgan fingerprint density at radius 1 is 1.24 bits per heavy atom. The van der Waals surface area contributed by atoms with E-state index in [-0.39, 0.29) is 5.41 Å². The fourth-order valence-electron chi connectivity index (χ4n) is 6.32. The molecule has 2 fully saturated rings. The fraction of sp³-hybridized carbons (Fsp3) is 0.542. The van der Waals surface area contributed by atoms with Crippen LogP contribution in [-0.2, 0) is 13.5 Å². The van der Waals surface area contributed by atoms with Crippen LogP contribution in [0.3, 0.4) is 0 Å². The minimum Gasteiger partial charge on any atom is -0.508 e. The number of phenolic OH excluding ortho intramolecular Hbond substituents is 1. The number of benzene rings is 1. The number of phenols is 1. The number of aromatic nitrogens is 2. The van der Waals surface area contributed by atoms with Gasteiger partial charge in [0.2, 0.25) is 0 Å². The number of aromatic hydroxyl groups is 1. The second-order valence-electron chi connectivity index (χ2n) is 9.39. The van der Waals surface area contributed by atoms with E-state index < -0.39 is 0 Å². The van der Waals surface area contributed by atoms with Crippen molar-refractivity contribution in [2.45, 2.75) is 58.3 Å². The minimum atomic E-state index is 0.177. The predicted octanol–water partition coefficient (Wildman–Crippen LogP) is 4.77. The first-order chi connectivity index (χ1) is 14.0. The average Bonchev–Trinajstić information content (AvgIpc) is 3.21. The molecule has 0 bridgehead atoms. The van der Waals surface area contributed by atoms with Gasteiger partial charge in [-0.2, -0.15) is 15.3 Å². The third kappa shape index (κ3) is 2.93. The lowest BCUT2D eigenvalue weighted by atomic mass is 9.55. The zero-order valence-electron chi connectivity index (χ0n) is 17.6. The van der Waals surface area contributed by atoms with Gasteiger partial charge in [0.05, 0.1) is 12.4 Å². The molecule has 0 amide bonds. The molecule has 29 heavy (non-hydrogen) atoms. The molecule has 1 N–H and O–H groups in total. The molecule has 0 radical (unpaired) electrons. The summed E-state index contributed by atoms with van der Waals surface area (Å²) in [7, 11) is 1.95. The molecular formula is C24H30N4O. The van der Waals surface area contributed by atoms with Gasteiger partial charge in [0.25, 0.3) is 0 Å². The first-order valence-corrected chi connectivity index (χ1v) is 10.9. The summed E-state index contributed by atoms with van der Waals surface area (Å²) in [6.45, 7) is 4.48. The highest BCUT2D eigenvalue weighted by Crippen LogP contribution is 2.60. The van der Waals surface area contributed by atoms with Crippen LogP contribution in [0.15, 0.2) is 34.6 Å². The van der Waals surface area contributed by atoms with Gasteiger partial charge in [0.1, 0.15) is 5.75 Å². The summed E-state index contributed by atoms with van der Waals surface area (Å²) in [6.07, 6.45) is 10.7. The number of rotatable bonds is 2. The Labute approximate surface area is 172 Å². The summed E-state index contributed by atoms with van der Waals surface area (Å²) in [4.78, 5) is 0. The van der Waals surface area contributed by atoms with Gasteiger partial charge >= 0.3 is 0 Å². The molecule has 3 aliphatic carbocycles. The molecular weight excluding hydrogens is 360 g/mol. The fourth-order valence-corrected chi connectivity index (χ4v) is 6.32. The van der Waals surface area contributed by atoms with Crippen molar-refractivity contribution in [1.82, 2.24) is 9.78 Å². The number of hydrogen-bond donors (Lipinski definition) is 1. The molecule has 2 saturated carbocycles. The molecule has 5 heteroatoms. The highest BCUT2D eigenvalue weighted by atomic mass is 16.3. The lowest BCUT2D eigenvalue weighted by Crippen LogP contribution is -2.42. The molecule has 1 heterocycles. The van der Waals surface area contributed by atoms with Gasteiger partial charge in [-0.25, -0.2) is 0 Å². The lowest BCUT2D eigenvalue weighted by Gasteiger charge is -2.49. The smallest absolute Gasteiger partial charge is 0.115 e. The topological polar surface area (TPSA) is 62.8 Å². The van der Waals surface area contributed by atoms with Crippen molar-refractivity contribution in [1.29, 1.82) is 0 Å². The van der Waals surface area contributed by atoms with E-state index in [1.54, 1.807) is 0 Å². The Bertz CT molecular complexity index is 1000. The van der Waals surface area contributed by atoms with Crippen LogP contribution in [0.2, 0.25) is 0 Å². The van der Waals surface area contributed by atoms with Crippen LogP contribution in [0, 0.1) is 24.2 Å². The molecule has 5 nitrogen and oxygen atoms in total. The Kier molecular flexibility index (Phi) is 4.37. The van der Waals surface area contributed by atoms with E-state index in [2.05, 4.69) is 30.1 Å². The quantitative estimate of drug-likeness (QED) is 0.593. The van der Waals surface area contributed by atoms with E-state index in [1.807, 2.05) is 36.3 Å². The maximum atomic E-state index is 9.86. The highest BCUT2D eigenvalue weighted by molar-refractivity contribution is 5.93. The van der Waals surface area contributed by atoms with Gasteiger partial charge in [-0.05, 0) is 86.5 Å². The zero-order chi connectivity index (χ0) is 20.2. The minimum absolute atomic E-state index is 0.177. The number of aryl methyl sites for hydroxylation is 2. The van der Waals surface area contributed by atoms with Crippen LogP contribution in [0.1, 0.15) is 67.3 Å². The average molecular weight is 391 g/mol. The first kappa shape index (κ1) is 18.6. The normalized spacial score (nSPS) is 32.4. The van der Waals surface area contributed by atoms with Gasteiger partial charge in [-0.1, -0.05) is 13.0 Å². The van der Waals surface area contributed by atoms with E-state index in [4.69, 9.17) is 5.10 Å². The monoisotopic (exact) mass is 390 g/mol. The van der Waals surface area contributed by atoms with E-state index >= 15 is 0 Å². The Morgan fingerprint density at radius 2 is 2.10 bits per heavy atom. The maximum Gasteiger partial charge on any atom is 0.115 e. The lowest BCUT2D eigenvalue weighted by molar-refractivity contribution is 0.0955. The standard InChI is InChI=1S/C24H30N4O/c1-15-17(14-26-28(15)3)13-25-27-23-9-8-22-21-6-4-16-12-18(29)5-7-19(16)20(21)10-11-24(22,23)2/h5,7,12-14,20-22,29H,4,6,8-11H2,1-3H3/t20-,21+,22+,24+/m0/s1. The van der Waals surface area contributed by atoms with Crippen LogP contribution in [0.25, 0.3) is 0 Å². The summed E-state index contributed by atoms with van der Waals surface area (Å²) >= 11 is 0. The first-order valence-electron chi connectivity index (χ1n) is 10.9. The number of hydrogen-bond acceptors (Lipinski definition) is 4. The molecule has 0 spiro atoms. The van der Waals surface area contributed by atoms with Crippen LogP contribution >= 0.6 is 0 Å². The molecule has 4 atom stereocenters. The SMILES string of the molecule is Cc1c(C=NN=C2CC[C@@H]3[C@@H]4CCc5cc(O)ccc5[C@@H]4CC[C@@]23C)cnn1C. The largest absolute Gasteiger partial charge is 0.508 e. The van der Waals surface area contributed by atoms with Crippen molar-refractivity contribution in [3.05, 3.63) is 46.8 Å². The molecule has 1 aromatic heterocycles.